The van der Waals surface area contributed by atoms with Gasteiger partial charge in [-0.3, -0.25) is 0 Å². The lowest BCUT2D eigenvalue weighted by atomic mass is 9.98. The Morgan fingerprint density at radius 1 is 0.484 bits per heavy atom. The zero-order valence-electron chi connectivity index (χ0n) is 18.1. The summed E-state index contributed by atoms with van der Waals surface area (Å²) in [5.41, 5.74) is 3.39. The van der Waals surface area contributed by atoms with Gasteiger partial charge in [0.2, 0.25) is 0 Å². The highest BCUT2D eigenvalue weighted by Gasteiger charge is 2.14. The van der Waals surface area contributed by atoms with E-state index in [0.717, 1.165) is 18.4 Å². The Kier molecular flexibility index (Phi) is 7.89. The Hall–Kier alpha value is -2.62. The molecule has 4 heteroatoms. The molecule has 0 bridgehead atoms. The molecule has 0 aromatic heterocycles. The number of aryl methyl sites for hydroxylation is 4. The van der Waals surface area contributed by atoms with Crippen LogP contribution in [0, 0.1) is 23.3 Å². The number of hydrogen-bond acceptors (Lipinski definition) is 0. The van der Waals surface area contributed by atoms with Gasteiger partial charge in [-0.05, 0) is 85.0 Å². The smallest absolute Gasteiger partial charge is 0.129 e. The minimum absolute atomic E-state index is 0.0328. The molecule has 0 radical (unpaired) electrons. The van der Waals surface area contributed by atoms with Gasteiger partial charge in [0, 0.05) is 11.1 Å². The van der Waals surface area contributed by atoms with E-state index in [-0.39, 0.29) is 30.4 Å². The standard InChI is InChI=1S/C27H28F4/c1-3-5-18-6-8-19(9-7-18)10-11-20-16-26(30)23(27(31)17-20)13-12-21-14-24(28)22(4-2)25(29)15-21/h6-9,14-17H,3-5,10-13H2,1-2H3. The molecule has 0 N–H and O–H groups in total. The van der Waals surface area contributed by atoms with Crippen molar-refractivity contribution in [2.75, 3.05) is 0 Å². The fourth-order valence-corrected chi connectivity index (χ4v) is 3.90. The van der Waals surface area contributed by atoms with Gasteiger partial charge in [-0.2, -0.15) is 0 Å². The van der Waals surface area contributed by atoms with Crippen LogP contribution in [0.1, 0.15) is 53.6 Å². The van der Waals surface area contributed by atoms with E-state index >= 15 is 0 Å². The topological polar surface area (TPSA) is 0 Å². The van der Waals surface area contributed by atoms with Crippen LogP contribution in [0.15, 0.2) is 48.5 Å². The Morgan fingerprint density at radius 3 is 1.32 bits per heavy atom. The number of halogens is 4. The highest BCUT2D eigenvalue weighted by molar-refractivity contribution is 5.31. The number of rotatable bonds is 9. The third-order valence-electron chi connectivity index (χ3n) is 5.68. The molecule has 0 atom stereocenters. The summed E-state index contributed by atoms with van der Waals surface area (Å²) in [6, 6.07) is 13.6. The second-order valence-corrected chi connectivity index (χ2v) is 8.00. The van der Waals surface area contributed by atoms with Crippen LogP contribution in [0.2, 0.25) is 0 Å². The van der Waals surface area contributed by atoms with E-state index in [9.17, 15) is 17.6 Å². The largest absolute Gasteiger partial charge is 0.207 e. The van der Waals surface area contributed by atoms with Crippen LogP contribution in [0.4, 0.5) is 17.6 Å². The van der Waals surface area contributed by atoms with Gasteiger partial charge in [-0.1, -0.05) is 44.5 Å². The summed E-state index contributed by atoms with van der Waals surface area (Å²) in [5, 5.41) is 0. The Morgan fingerprint density at radius 2 is 0.871 bits per heavy atom. The molecule has 0 fully saturated rings. The van der Waals surface area contributed by atoms with Crippen molar-refractivity contribution >= 4 is 0 Å². The summed E-state index contributed by atoms with van der Waals surface area (Å²) in [6.45, 7) is 3.81. The summed E-state index contributed by atoms with van der Waals surface area (Å²) in [5.74, 6) is -2.45. The highest BCUT2D eigenvalue weighted by atomic mass is 19.1. The minimum atomic E-state index is -0.614. The van der Waals surface area contributed by atoms with E-state index in [1.54, 1.807) is 6.92 Å². The monoisotopic (exact) mass is 428 g/mol. The van der Waals surface area contributed by atoms with E-state index in [1.807, 2.05) is 0 Å². The normalized spacial score (nSPS) is 11.2. The predicted molar refractivity (Wildman–Crippen MR) is 117 cm³/mol. The zero-order valence-corrected chi connectivity index (χ0v) is 18.1. The predicted octanol–water partition coefficient (Wildman–Crippen LogP) is 7.33. The SMILES string of the molecule is CCCc1ccc(CCc2cc(F)c(CCc3cc(F)c(CC)c(F)c3)c(F)c2)cc1. The van der Waals surface area contributed by atoms with Crippen LogP contribution in [0.3, 0.4) is 0 Å². The molecular formula is C27H28F4. The second kappa shape index (κ2) is 10.6. The number of hydrogen-bond donors (Lipinski definition) is 0. The van der Waals surface area contributed by atoms with E-state index in [1.165, 1.54) is 29.8 Å². The molecule has 3 aromatic rings. The summed E-state index contributed by atoms with van der Waals surface area (Å²) >= 11 is 0. The van der Waals surface area contributed by atoms with Crippen molar-refractivity contribution in [3.63, 3.8) is 0 Å². The van der Waals surface area contributed by atoms with Crippen molar-refractivity contribution in [3.8, 4) is 0 Å². The van der Waals surface area contributed by atoms with E-state index in [0.29, 0.717) is 24.0 Å². The third kappa shape index (κ3) is 5.96. The van der Waals surface area contributed by atoms with Crippen LogP contribution in [0.25, 0.3) is 0 Å². The van der Waals surface area contributed by atoms with Crippen LogP contribution in [0.5, 0.6) is 0 Å². The molecule has 31 heavy (non-hydrogen) atoms. The molecule has 0 heterocycles. The van der Waals surface area contributed by atoms with Crippen molar-refractivity contribution in [1.29, 1.82) is 0 Å². The average molecular weight is 429 g/mol. The molecule has 0 saturated heterocycles. The van der Waals surface area contributed by atoms with Gasteiger partial charge in [0.15, 0.2) is 0 Å². The summed E-state index contributed by atoms with van der Waals surface area (Å²) in [6.07, 6.45) is 3.84. The van der Waals surface area contributed by atoms with Gasteiger partial charge in [0.1, 0.15) is 23.3 Å². The Bertz CT molecular complexity index is 976. The third-order valence-corrected chi connectivity index (χ3v) is 5.68. The maximum atomic E-state index is 14.6. The van der Waals surface area contributed by atoms with Gasteiger partial charge >= 0.3 is 0 Å². The van der Waals surface area contributed by atoms with Crippen molar-refractivity contribution in [3.05, 3.63) is 105 Å². The Labute approximate surface area is 181 Å². The molecule has 0 spiro atoms. The van der Waals surface area contributed by atoms with Crippen LogP contribution in [-0.2, 0) is 38.5 Å². The van der Waals surface area contributed by atoms with Gasteiger partial charge in [-0.25, -0.2) is 17.6 Å². The molecule has 0 aliphatic rings. The minimum Gasteiger partial charge on any atom is -0.207 e. The molecule has 164 valence electrons. The maximum absolute atomic E-state index is 14.6. The molecule has 3 aromatic carbocycles. The first-order valence-electron chi connectivity index (χ1n) is 10.9. The van der Waals surface area contributed by atoms with Crippen LogP contribution >= 0.6 is 0 Å². The first kappa shape index (κ1) is 23.1. The summed E-state index contributed by atoms with van der Waals surface area (Å²) in [4.78, 5) is 0. The lowest BCUT2D eigenvalue weighted by molar-refractivity contribution is 0.546. The molecule has 0 nitrogen and oxygen atoms in total. The Balaban J connectivity index is 1.65. The molecule has 0 amide bonds. The lowest BCUT2D eigenvalue weighted by Crippen LogP contribution is -2.03. The molecule has 0 saturated carbocycles. The van der Waals surface area contributed by atoms with Crippen molar-refractivity contribution in [2.24, 2.45) is 0 Å². The average Bonchev–Trinajstić information content (AvgIpc) is 2.73. The molecule has 0 aliphatic heterocycles. The van der Waals surface area contributed by atoms with Crippen LogP contribution in [-0.4, -0.2) is 0 Å². The molecule has 0 aliphatic carbocycles. The van der Waals surface area contributed by atoms with Gasteiger partial charge in [-0.15, -0.1) is 0 Å². The van der Waals surface area contributed by atoms with Gasteiger partial charge in [0.25, 0.3) is 0 Å². The highest BCUT2D eigenvalue weighted by Crippen LogP contribution is 2.22. The summed E-state index contributed by atoms with van der Waals surface area (Å²) < 4.78 is 57.0. The van der Waals surface area contributed by atoms with Crippen LogP contribution < -0.4 is 0 Å². The molecular weight excluding hydrogens is 400 g/mol. The van der Waals surface area contributed by atoms with Gasteiger partial charge in [0.05, 0.1) is 0 Å². The van der Waals surface area contributed by atoms with Gasteiger partial charge < -0.3 is 0 Å². The first-order valence-corrected chi connectivity index (χ1v) is 10.9. The fourth-order valence-electron chi connectivity index (χ4n) is 3.90. The zero-order chi connectivity index (χ0) is 22.4. The molecule has 3 rings (SSSR count). The van der Waals surface area contributed by atoms with E-state index < -0.39 is 23.3 Å². The van der Waals surface area contributed by atoms with Crippen molar-refractivity contribution < 1.29 is 17.6 Å². The summed E-state index contributed by atoms with van der Waals surface area (Å²) in [7, 11) is 0. The van der Waals surface area contributed by atoms with Crippen molar-refractivity contribution in [1.82, 2.24) is 0 Å². The lowest BCUT2D eigenvalue weighted by Gasteiger charge is -2.10. The van der Waals surface area contributed by atoms with E-state index in [4.69, 9.17) is 0 Å². The van der Waals surface area contributed by atoms with Crippen molar-refractivity contribution in [2.45, 2.75) is 58.8 Å². The maximum Gasteiger partial charge on any atom is 0.129 e. The quantitative estimate of drug-likeness (QED) is 0.313. The molecule has 0 unspecified atom stereocenters. The van der Waals surface area contributed by atoms with E-state index in [2.05, 4.69) is 31.2 Å². The first-order chi connectivity index (χ1) is 14.9. The fraction of sp³-hybridized carbons (Fsp3) is 0.333. The second-order valence-electron chi connectivity index (χ2n) is 8.00. The number of benzene rings is 3.